The first-order chi connectivity index (χ1) is 11.7. The van der Waals surface area contributed by atoms with E-state index in [0.717, 1.165) is 27.8 Å². The van der Waals surface area contributed by atoms with Crippen LogP contribution in [-0.2, 0) is 4.84 Å². The molecule has 24 heavy (non-hydrogen) atoms. The van der Waals surface area contributed by atoms with E-state index in [2.05, 4.69) is 17.3 Å². The molecule has 0 aromatic heterocycles. The first-order valence-electron chi connectivity index (χ1n) is 7.79. The summed E-state index contributed by atoms with van der Waals surface area (Å²) in [5.41, 5.74) is 6.46. The molecule has 0 bridgehead atoms. The number of hydrogen-bond acceptors (Lipinski definition) is 3. The van der Waals surface area contributed by atoms with E-state index in [1.165, 1.54) is 0 Å². The molecule has 0 saturated carbocycles. The molecule has 0 aliphatic heterocycles. The van der Waals surface area contributed by atoms with Crippen LogP contribution in [0.15, 0.2) is 78.0 Å². The molecule has 3 nitrogen and oxygen atoms in total. The Morgan fingerprint density at radius 2 is 1.25 bits per heavy atom. The highest BCUT2D eigenvalue weighted by Gasteiger charge is 2.25. The lowest BCUT2D eigenvalue weighted by atomic mass is 10.1. The van der Waals surface area contributed by atoms with E-state index in [1.807, 2.05) is 55.5 Å². The minimum Gasteiger partial charge on any atom is -0.312 e. The van der Waals surface area contributed by atoms with Gasteiger partial charge in [0, 0.05) is 11.1 Å². The van der Waals surface area contributed by atoms with Crippen molar-refractivity contribution in [2.24, 2.45) is 5.16 Å². The lowest BCUT2D eigenvalue weighted by Gasteiger charge is -2.02. The van der Waals surface area contributed by atoms with E-state index in [4.69, 9.17) is 4.84 Å². The lowest BCUT2D eigenvalue weighted by molar-refractivity contribution is 0.0517. The molecule has 0 spiro atoms. The summed E-state index contributed by atoms with van der Waals surface area (Å²) in [6.45, 7) is 1.97. The van der Waals surface area contributed by atoms with Crippen LogP contribution in [0.3, 0.4) is 0 Å². The number of nitrogens with zero attached hydrogens (tertiary/aromatic N) is 1. The number of hydrogen-bond donors (Lipinski definition) is 0. The van der Waals surface area contributed by atoms with Crippen molar-refractivity contribution in [2.75, 3.05) is 0 Å². The molecular formula is C21H15NO2. The van der Waals surface area contributed by atoms with E-state index >= 15 is 0 Å². The molecule has 0 radical (unpaired) electrons. The van der Waals surface area contributed by atoms with Crippen molar-refractivity contribution in [3.63, 3.8) is 0 Å². The highest BCUT2D eigenvalue weighted by Crippen LogP contribution is 2.36. The quantitative estimate of drug-likeness (QED) is 0.401. The Kier molecular flexibility index (Phi) is 3.47. The second-order valence-electron chi connectivity index (χ2n) is 5.78. The highest BCUT2D eigenvalue weighted by atomic mass is 16.7. The summed E-state index contributed by atoms with van der Waals surface area (Å²) < 4.78 is 0. The molecule has 1 aliphatic carbocycles. The summed E-state index contributed by atoms with van der Waals surface area (Å²) in [5, 5.41) is 4.17. The van der Waals surface area contributed by atoms with Gasteiger partial charge in [-0.2, -0.15) is 0 Å². The Bertz CT molecular complexity index is 908. The maximum Gasteiger partial charge on any atom is 0.365 e. The minimum atomic E-state index is -0.454. The average molecular weight is 313 g/mol. The van der Waals surface area contributed by atoms with Gasteiger partial charge in [0.05, 0.1) is 5.56 Å². The van der Waals surface area contributed by atoms with Gasteiger partial charge in [-0.05, 0) is 30.2 Å². The molecule has 0 N–H and O–H groups in total. The maximum absolute atomic E-state index is 12.2. The smallest absolute Gasteiger partial charge is 0.312 e. The highest BCUT2D eigenvalue weighted by molar-refractivity contribution is 6.24. The molecule has 0 unspecified atom stereocenters. The van der Waals surface area contributed by atoms with E-state index in [0.29, 0.717) is 11.3 Å². The third kappa shape index (κ3) is 2.40. The van der Waals surface area contributed by atoms with Gasteiger partial charge in [0.2, 0.25) is 0 Å². The number of fused-ring (bicyclic) bond motifs is 3. The molecule has 0 fully saturated rings. The third-order valence-electron chi connectivity index (χ3n) is 4.16. The Labute approximate surface area is 140 Å². The second kappa shape index (κ2) is 5.78. The summed E-state index contributed by atoms with van der Waals surface area (Å²) in [6, 6.07) is 23.3. The third-order valence-corrected chi connectivity index (χ3v) is 4.16. The fourth-order valence-electron chi connectivity index (χ4n) is 2.92. The van der Waals surface area contributed by atoms with E-state index in [9.17, 15) is 4.79 Å². The first kappa shape index (κ1) is 14.4. The van der Waals surface area contributed by atoms with Crippen molar-refractivity contribution < 1.29 is 9.63 Å². The van der Waals surface area contributed by atoms with Gasteiger partial charge in [-0.25, -0.2) is 4.79 Å². The number of rotatable bonds is 2. The topological polar surface area (TPSA) is 38.7 Å². The van der Waals surface area contributed by atoms with Crippen LogP contribution in [0.5, 0.6) is 0 Å². The summed E-state index contributed by atoms with van der Waals surface area (Å²) in [6.07, 6.45) is 0. The fourth-order valence-corrected chi connectivity index (χ4v) is 2.92. The molecule has 0 atom stereocenters. The SMILES string of the molecule is Cc1ccc(C(=O)ON=C2c3ccccc3-c3ccccc32)cc1. The van der Waals surface area contributed by atoms with Gasteiger partial charge in [-0.1, -0.05) is 71.4 Å². The first-order valence-corrected chi connectivity index (χ1v) is 7.79. The number of oxime groups is 1. The lowest BCUT2D eigenvalue weighted by Crippen LogP contribution is -2.05. The second-order valence-corrected chi connectivity index (χ2v) is 5.78. The van der Waals surface area contributed by atoms with Crippen LogP contribution in [0.25, 0.3) is 11.1 Å². The van der Waals surface area contributed by atoms with Crippen LogP contribution in [-0.4, -0.2) is 11.7 Å². The largest absolute Gasteiger partial charge is 0.365 e. The van der Waals surface area contributed by atoms with Crippen molar-refractivity contribution >= 4 is 11.7 Å². The predicted molar refractivity (Wildman–Crippen MR) is 94.1 cm³/mol. The van der Waals surface area contributed by atoms with Crippen LogP contribution >= 0.6 is 0 Å². The molecule has 1 aliphatic rings. The molecule has 4 rings (SSSR count). The average Bonchev–Trinajstić information content (AvgIpc) is 2.94. The predicted octanol–water partition coefficient (Wildman–Crippen LogP) is 4.58. The van der Waals surface area contributed by atoms with Crippen LogP contribution in [0.2, 0.25) is 0 Å². The zero-order valence-electron chi connectivity index (χ0n) is 13.2. The molecule has 0 amide bonds. The van der Waals surface area contributed by atoms with Gasteiger partial charge in [0.1, 0.15) is 5.71 Å². The van der Waals surface area contributed by atoms with Gasteiger partial charge < -0.3 is 4.84 Å². The van der Waals surface area contributed by atoms with Crippen LogP contribution in [0.4, 0.5) is 0 Å². The van der Waals surface area contributed by atoms with Crippen LogP contribution in [0, 0.1) is 6.92 Å². The van der Waals surface area contributed by atoms with Gasteiger partial charge >= 0.3 is 5.97 Å². The summed E-state index contributed by atoms with van der Waals surface area (Å²) >= 11 is 0. The molecule has 116 valence electrons. The van der Waals surface area contributed by atoms with Crippen LogP contribution in [0.1, 0.15) is 27.0 Å². The van der Waals surface area contributed by atoms with Crippen molar-refractivity contribution in [1.82, 2.24) is 0 Å². The number of carbonyl (C=O) groups excluding carboxylic acids is 1. The molecular weight excluding hydrogens is 298 g/mol. The number of carbonyl (C=O) groups is 1. The standard InChI is InChI=1S/C21H15NO2/c1-14-10-12-15(13-11-14)21(23)24-22-20-18-8-4-2-6-16(18)17-7-3-5-9-19(17)20/h2-13H,1H3. The fraction of sp³-hybridized carbons (Fsp3) is 0.0476. The summed E-state index contributed by atoms with van der Waals surface area (Å²) in [4.78, 5) is 17.4. The minimum absolute atomic E-state index is 0.454. The normalized spacial score (nSPS) is 11.6. The van der Waals surface area contributed by atoms with Crippen molar-refractivity contribution in [3.8, 4) is 11.1 Å². The monoisotopic (exact) mass is 313 g/mol. The molecule has 0 heterocycles. The van der Waals surface area contributed by atoms with Gasteiger partial charge in [-0.15, -0.1) is 0 Å². The molecule has 0 saturated heterocycles. The van der Waals surface area contributed by atoms with Gasteiger partial charge in [0.15, 0.2) is 0 Å². The zero-order chi connectivity index (χ0) is 16.5. The van der Waals surface area contributed by atoms with Gasteiger partial charge in [0.25, 0.3) is 0 Å². The van der Waals surface area contributed by atoms with E-state index < -0.39 is 5.97 Å². The van der Waals surface area contributed by atoms with Crippen molar-refractivity contribution in [3.05, 3.63) is 95.1 Å². The van der Waals surface area contributed by atoms with Crippen molar-refractivity contribution in [1.29, 1.82) is 0 Å². The van der Waals surface area contributed by atoms with E-state index in [1.54, 1.807) is 12.1 Å². The Hall–Kier alpha value is -3.20. The van der Waals surface area contributed by atoms with E-state index in [-0.39, 0.29) is 0 Å². The van der Waals surface area contributed by atoms with Crippen LogP contribution < -0.4 is 0 Å². The van der Waals surface area contributed by atoms with Gasteiger partial charge in [-0.3, -0.25) is 0 Å². The number of aryl methyl sites for hydroxylation is 1. The zero-order valence-corrected chi connectivity index (χ0v) is 13.2. The van der Waals surface area contributed by atoms with Crippen molar-refractivity contribution in [2.45, 2.75) is 6.92 Å². The Morgan fingerprint density at radius 3 is 1.79 bits per heavy atom. The maximum atomic E-state index is 12.2. The molecule has 3 heteroatoms. The Morgan fingerprint density at radius 1 is 0.750 bits per heavy atom. The molecule has 3 aromatic rings. The molecule has 3 aromatic carbocycles. The summed E-state index contributed by atoms with van der Waals surface area (Å²) in [7, 11) is 0. The Balaban J connectivity index is 1.70. The number of benzene rings is 3. The summed E-state index contributed by atoms with van der Waals surface area (Å²) in [5.74, 6) is -0.454.